The minimum Gasteiger partial charge on any atom is -0.351 e. The number of carbonyl (C=O) groups excluding carboxylic acids is 1. The van der Waals surface area contributed by atoms with Gasteiger partial charge in [-0.15, -0.1) is 24.0 Å². The van der Waals surface area contributed by atoms with Gasteiger partial charge in [-0.2, -0.15) is 0 Å². The van der Waals surface area contributed by atoms with Crippen LogP contribution in [0.2, 0.25) is 0 Å². The fourth-order valence-electron chi connectivity index (χ4n) is 1.61. The summed E-state index contributed by atoms with van der Waals surface area (Å²) in [7, 11) is 0. The number of thiol groups is 1. The number of halogens is 2. The Morgan fingerprint density at radius 1 is 1.21 bits per heavy atom. The van der Waals surface area contributed by atoms with Crippen molar-refractivity contribution < 1.29 is 13.6 Å². The number of nitrogens with one attached hydrogen (secondary N) is 1. The van der Waals surface area contributed by atoms with Gasteiger partial charge in [-0.1, -0.05) is 0 Å². The Morgan fingerprint density at radius 3 is 2.47 bits per heavy atom. The number of rotatable bonds is 4. The van der Waals surface area contributed by atoms with Crippen molar-refractivity contribution >= 4 is 29.9 Å². The van der Waals surface area contributed by atoms with E-state index in [2.05, 4.69) is 17.9 Å². The highest BCUT2D eigenvalue weighted by molar-refractivity contribution is 7.80. The first-order valence-electron chi connectivity index (χ1n) is 5.55. The van der Waals surface area contributed by atoms with Crippen LogP contribution >= 0.6 is 24.0 Å². The minimum atomic E-state index is -0.612. The molecule has 2 nitrogen and oxygen atoms in total. The van der Waals surface area contributed by atoms with Gasteiger partial charge in [0.25, 0.3) is 5.91 Å². The van der Waals surface area contributed by atoms with Gasteiger partial charge in [-0.05, 0) is 30.2 Å². The predicted molar refractivity (Wildman–Crippen MR) is 74.0 cm³/mol. The molecule has 2 rings (SSSR count). The molecule has 0 saturated carbocycles. The quantitative estimate of drug-likeness (QED) is 0.834. The zero-order chi connectivity index (χ0) is 13.8. The maximum atomic E-state index is 12.9. The number of hydrogen-bond donors (Lipinski definition) is 2. The summed E-state index contributed by atoms with van der Waals surface area (Å²) in [5, 5.41) is 4.46. The van der Waals surface area contributed by atoms with Crippen molar-refractivity contribution in [3.05, 3.63) is 51.7 Å². The summed E-state index contributed by atoms with van der Waals surface area (Å²) < 4.78 is 25.9. The molecular weight excluding hydrogens is 288 g/mol. The predicted octanol–water partition coefficient (Wildman–Crippen LogP) is 3.29. The molecule has 0 saturated heterocycles. The lowest BCUT2D eigenvalue weighted by Crippen LogP contribution is -2.24. The van der Waals surface area contributed by atoms with E-state index >= 15 is 0 Å². The van der Waals surface area contributed by atoms with Crippen molar-refractivity contribution in [2.24, 2.45) is 0 Å². The van der Waals surface area contributed by atoms with Gasteiger partial charge in [0.2, 0.25) is 0 Å². The molecule has 0 radical (unpaired) electrons. The zero-order valence-corrected chi connectivity index (χ0v) is 11.5. The van der Waals surface area contributed by atoms with Crippen LogP contribution in [0.3, 0.4) is 0 Å². The second-order valence-corrected chi connectivity index (χ2v) is 5.38. The lowest BCUT2D eigenvalue weighted by atomic mass is 10.1. The van der Waals surface area contributed by atoms with Gasteiger partial charge in [-0.25, -0.2) is 8.78 Å². The Labute approximate surface area is 118 Å². The first-order chi connectivity index (χ1) is 9.04. The van der Waals surface area contributed by atoms with Gasteiger partial charge in [0.1, 0.15) is 11.6 Å². The Balaban J connectivity index is 1.88. The van der Waals surface area contributed by atoms with Gasteiger partial charge in [0.15, 0.2) is 0 Å². The van der Waals surface area contributed by atoms with Crippen LogP contribution in [-0.2, 0) is 6.42 Å². The molecule has 19 heavy (non-hydrogen) atoms. The van der Waals surface area contributed by atoms with Crippen LogP contribution in [0, 0.1) is 11.6 Å². The first kappa shape index (κ1) is 14.0. The summed E-state index contributed by atoms with van der Waals surface area (Å²) in [4.78, 5) is 13.0. The fraction of sp³-hybridized carbons (Fsp3) is 0.154. The molecule has 1 N–H and O–H groups in total. The normalized spacial score (nSPS) is 10.5. The van der Waals surface area contributed by atoms with Crippen molar-refractivity contribution in [2.75, 3.05) is 6.54 Å². The second kappa shape index (κ2) is 6.16. The smallest absolute Gasteiger partial charge is 0.261 e. The monoisotopic (exact) mass is 299 g/mol. The van der Waals surface area contributed by atoms with E-state index in [0.29, 0.717) is 23.4 Å². The maximum Gasteiger partial charge on any atom is 0.261 e. The molecule has 1 heterocycles. The number of amides is 1. The van der Waals surface area contributed by atoms with E-state index in [9.17, 15) is 13.6 Å². The summed E-state index contributed by atoms with van der Waals surface area (Å²) in [5.41, 5.74) is 0.513. The van der Waals surface area contributed by atoms with E-state index in [1.807, 2.05) is 0 Å². The molecule has 0 aliphatic rings. The number of hydrogen-bond acceptors (Lipinski definition) is 3. The van der Waals surface area contributed by atoms with Crippen LogP contribution in [0.1, 0.15) is 15.2 Å². The standard InChI is InChI=1S/C13H11F2NOS2/c14-9-3-8(4-10(15)5-9)1-2-16-13(17)12-6-11(18)7-19-12/h3-7,18H,1-2H2,(H,16,17). The average molecular weight is 299 g/mol. The molecule has 0 bridgehead atoms. The molecular formula is C13H11F2NOS2. The third kappa shape index (κ3) is 4.04. The fourth-order valence-corrected chi connectivity index (χ4v) is 2.67. The second-order valence-electron chi connectivity index (χ2n) is 3.95. The molecule has 0 spiro atoms. The van der Waals surface area contributed by atoms with Gasteiger partial charge in [0, 0.05) is 22.9 Å². The van der Waals surface area contributed by atoms with Crippen LogP contribution in [0.4, 0.5) is 8.78 Å². The summed E-state index contributed by atoms with van der Waals surface area (Å²) in [5.74, 6) is -1.43. The van der Waals surface area contributed by atoms with Crippen molar-refractivity contribution in [1.29, 1.82) is 0 Å². The Morgan fingerprint density at radius 2 is 1.89 bits per heavy atom. The largest absolute Gasteiger partial charge is 0.351 e. The van der Waals surface area contributed by atoms with Crippen molar-refractivity contribution in [3.8, 4) is 0 Å². The molecule has 1 aromatic heterocycles. The third-order valence-electron chi connectivity index (χ3n) is 2.43. The molecule has 6 heteroatoms. The Hall–Kier alpha value is -1.40. The molecule has 1 aromatic carbocycles. The highest BCUT2D eigenvalue weighted by atomic mass is 32.1. The highest BCUT2D eigenvalue weighted by Gasteiger charge is 2.07. The third-order valence-corrected chi connectivity index (χ3v) is 3.79. The average Bonchev–Trinajstić information content (AvgIpc) is 2.74. The summed E-state index contributed by atoms with van der Waals surface area (Å²) >= 11 is 5.42. The number of benzene rings is 1. The Bertz CT molecular complexity index is 578. The SMILES string of the molecule is O=C(NCCc1cc(F)cc(F)c1)c1cc(S)cs1. The van der Waals surface area contributed by atoms with Crippen molar-refractivity contribution in [1.82, 2.24) is 5.32 Å². The molecule has 0 aliphatic heterocycles. The molecule has 1 amide bonds. The zero-order valence-electron chi connectivity index (χ0n) is 9.82. The van der Waals surface area contributed by atoms with Crippen LogP contribution in [0.5, 0.6) is 0 Å². The summed E-state index contributed by atoms with van der Waals surface area (Å²) in [6.07, 6.45) is 0.375. The van der Waals surface area contributed by atoms with Gasteiger partial charge >= 0.3 is 0 Å². The topological polar surface area (TPSA) is 29.1 Å². The Kier molecular flexibility index (Phi) is 4.55. The van der Waals surface area contributed by atoms with Gasteiger partial charge in [0.05, 0.1) is 4.88 Å². The van der Waals surface area contributed by atoms with Gasteiger partial charge in [-0.3, -0.25) is 4.79 Å². The van der Waals surface area contributed by atoms with Crippen molar-refractivity contribution in [2.45, 2.75) is 11.3 Å². The van der Waals surface area contributed by atoms with E-state index < -0.39 is 11.6 Å². The molecule has 0 aliphatic carbocycles. The first-order valence-corrected chi connectivity index (χ1v) is 6.88. The molecule has 0 fully saturated rings. The van der Waals surface area contributed by atoms with E-state index in [1.54, 1.807) is 11.4 Å². The lowest BCUT2D eigenvalue weighted by Gasteiger charge is -2.04. The molecule has 100 valence electrons. The lowest BCUT2D eigenvalue weighted by molar-refractivity contribution is 0.0958. The maximum absolute atomic E-state index is 12.9. The van der Waals surface area contributed by atoms with Crippen LogP contribution in [0.15, 0.2) is 34.5 Å². The highest BCUT2D eigenvalue weighted by Crippen LogP contribution is 2.17. The number of carbonyl (C=O) groups is 1. The molecule has 0 atom stereocenters. The minimum absolute atomic E-state index is 0.206. The summed E-state index contributed by atoms with van der Waals surface area (Å²) in [6, 6.07) is 5.01. The van der Waals surface area contributed by atoms with Crippen LogP contribution in [0.25, 0.3) is 0 Å². The van der Waals surface area contributed by atoms with E-state index in [4.69, 9.17) is 0 Å². The van der Waals surface area contributed by atoms with E-state index in [1.165, 1.54) is 23.5 Å². The van der Waals surface area contributed by atoms with Gasteiger partial charge < -0.3 is 5.32 Å². The van der Waals surface area contributed by atoms with Crippen LogP contribution < -0.4 is 5.32 Å². The number of thiophene rings is 1. The molecule has 0 unspecified atom stereocenters. The van der Waals surface area contributed by atoms with Crippen LogP contribution in [-0.4, -0.2) is 12.5 Å². The molecule has 2 aromatic rings. The van der Waals surface area contributed by atoms with Crippen molar-refractivity contribution in [3.63, 3.8) is 0 Å². The summed E-state index contributed by atoms with van der Waals surface area (Å²) in [6.45, 7) is 0.321. The van der Waals surface area contributed by atoms with E-state index in [0.717, 1.165) is 11.0 Å². The van der Waals surface area contributed by atoms with E-state index in [-0.39, 0.29) is 5.91 Å².